The number of rotatable bonds is 6. The maximum atomic E-state index is 2.57. The Morgan fingerprint density at radius 1 is 0.250 bits per heavy atom. The van der Waals surface area contributed by atoms with Crippen LogP contribution < -0.4 is 30.5 Å². The van der Waals surface area contributed by atoms with Crippen molar-refractivity contribution in [2.45, 2.75) is 64.7 Å². The largest absolute Gasteiger partial charge is 0.311 e. The van der Waals surface area contributed by atoms with Crippen molar-refractivity contribution in [1.82, 2.24) is 0 Å². The summed E-state index contributed by atoms with van der Waals surface area (Å²) in [4.78, 5) is 5.13. The predicted octanol–water partition coefficient (Wildman–Crippen LogP) is 20.5. The zero-order chi connectivity index (χ0) is 59.6. The highest BCUT2D eigenvalue weighted by Gasteiger charge is 2.42. The molecule has 13 aromatic carbocycles. The van der Waals surface area contributed by atoms with Crippen molar-refractivity contribution in [2.24, 2.45) is 0 Å². The lowest BCUT2D eigenvalue weighted by molar-refractivity contribution is 0.660. The van der Waals surface area contributed by atoms with Crippen LogP contribution in [-0.2, 0) is 10.8 Å². The summed E-state index contributed by atoms with van der Waals surface area (Å²) >= 11 is 0. The van der Waals surface area contributed by atoms with Crippen LogP contribution in [0.2, 0.25) is 26.2 Å². The summed E-state index contributed by atoms with van der Waals surface area (Å²) < 4.78 is 0. The van der Waals surface area contributed by atoms with Gasteiger partial charge in [-0.1, -0.05) is 254 Å². The second-order valence-electron chi connectivity index (χ2n) is 27.2. The van der Waals surface area contributed by atoms with Gasteiger partial charge in [0.15, 0.2) is 0 Å². The van der Waals surface area contributed by atoms with E-state index in [0.29, 0.717) is 0 Å². The van der Waals surface area contributed by atoms with Gasteiger partial charge in [-0.05, 0) is 198 Å². The number of para-hydroxylation sites is 4. The number of nitrogens with zero attached hydrogens (tertiary/aromatic N) is 2. The van der Waals surface area contributed by atoms with Gasteiger partial charge in [-0.3, -0.25) is 0 Å². The molecule has 88 heavy (non-hydrogen) atoms. The Hall–Kier alpha value is -9.59. The highest BCUT2D eigenvalue weighted by atomic mass is 28.3. The van der Waals surface area contributed by atoms with Crippen molar-refractivity contribution < 1.29 is 0 Å². The maximum absolute atomic E-state index is 2.57. The van der Waals surface area contributed by atoms with E-state index >= 15 is 0 Å². The van der Waals surface area contributed by atoms with Gasteiger partial charge in [0.1, 0.15) is 16.1 Å². The minimum absolute atomic E-state index is 0.121. The molecule has 0 bridgehead atoms. The molecule has 2 nitrogen and oxygen atoms in total. The summed E-state index contributed by atoms with van der Waals surface area (Å²) in [6.07, 6.45) is 0. The van der Waals surface area contributed by atoms with E-state index in [4.69, 9.17) is 0 Å². The summed E-state index contributed by atoms with van der Waals surface area (Å²) in [5.41, 5.74) is 27.7. The van der Waals surface area contributed by atoms with Crippen LogP contribution in [0.15, 0.2) is 267 Å². The Morgan fingerprint density at radius 3 is 1.11 bits per heavy atom. The summed E-state index contributed by atoms with van der Waals surface area (Å²) in [6.45, 7) is 19.6. The molecule has 0 atom stereocenters. The average molecular weight is 1160 g/mol. The Labute approximate surface area is 519 Å². The average Bonchev–Trinajstić information content (AvgIpc) is 1.05. The maximum Gasteiger partial charge on any atom is 0.117 e. The van der Waals surface area contributed by atoms with Crippen molar-refractivity contribution >= 4 is 92.6 Å². The summed E-state index contributed by atoms with van der Waals surface area (Å²) in [7, 11) is -4.15. The minimum atomic E-state index is -2.08. The van der Waals surface area contributed by atoms with Gasteiger partial charge < -0.3 is 9.80 Å². The van der Waals surface area contributed by atoms with Gasteiger partial charge in [-0.15, -0.1) is 0 Å². The summed E-state index contributed by atoms with van der Waals surface area (Å²) in [5, 5.41) is 10.7. The molecule has 4 aliphatic rings. The molecule has 0 saturated heterocycles. The van der Waals surface area contributed by atoms with E-state index in [0.717, 1.165) is 11.4 Å². The molecule has 0 spiro atoms. The highest BCUT2D eigenvalue weighted by molar-refractivity contribution is 7.03. The van der Waals surface area contributed by atoms with Crippen LogP contribution in [0, 0.1) is 0 Å². The van der Waals surface area contributed by atoms with Gasteiger partial charge in [0.2, 0.25) is 0 Å². The number of fused-ring (bicyclic) bond motifs is 12. The van der Waals surface area contributed by atoms with Gasteiger partial charge in [-0.2, -0.15) is 0 Å². The van der Waals surface area contributed by atoms with E-state index in [1.807, 2.05) is 0 Å². The lowest BCUT2D eigenvalue weighted by Crippen LogP contribution is -2.58. The van der Waals surface area contributed by atoms with Crippen LogP contribution >= 0.6 is 0 Å². The molecule has 0 unspecified atom stereocenters. The molecule has 13 aromatic rings. The normalized spacial score (nSPS) is 15.6. The first kappa shape index (κ1) is 52.7. The Bertz CT molecular complexity index is 5040. The van der Waals surface area contributed by atoms with Crippen LogP contribution in [0.1, 0.15) is 49.9 Å². The third-order valence-electron chi connectivity index (χ3n) is 21.0. The second-order valence-corrected chi connectivity index (χ2v) is 35.8. The van der Waals surface area contributed by atoms with Gasteiger partial charge in [0, 0.05) is 45.0 Å². The van der Waals surface area contributed by atoms with Crippen LogP contribution in [0.3, 0.4) is 0 Å². The van der Waals surface area contributed by atoms with Crippen molar-refractivity contribution in [3.8, 4) is 66.8 Å². The van der Waals surface area contributed by atoms with E-state index < -0.39 is 16.1 Å². The zero-order valence-corrected chi connectivity index (χ0v) is 53.3. The Morgan fingerprint density at radius 2 is 0.614 bits per heavy atom. The van der Waals surface area contributed by atoms with Crippen LogP contribution in [0.25, 0.3) is 88.3 Å². The van der Waals surface area contributed by atoms with Crippen molar-refractivity contribution in [2.75, 3.05) is 9.80 Å². The SMILES string of the molecule is CC1(C)c2ccccc2-c2ccc(-c3cccc(-c4c5cc(N6c7ccccc7[Si](C)(C)c7ccccc76)ccc5c(-c5ccccc5-c5ccc6c(c5)C(C)(C)c5ccccc5-6)c5cc(N6c7ccccc7[Si](C)(C)c7ccccc76)ccc45)c3)cc21. The van der Waals surface area contributed by atoms with Gasteiger partial charge in [-0.25, -0.2) is 0 Å². The molecular formula is C84H68N2Si2. The number of anilines is 6. The van der Waals surface area contributed by atoms with Crippen LogP contribution in [0.5, 0.6) is 0 Å². The number of hydrogen-bond donors (Lipinski definition) is 0. The molecule has 0 saturated carbocycles. The first-order valence-corrected chi connectivity index (χ1v) is 37.4. The minimum Gasteiger partial charge on any atom is -0.311 e. The van der Waals surface area contributed by atoms with E-state index in [1.54, 1.807) is 0 Å². The molecule has 0 N–H and O–H groups in total. The van der Waals surface area contributed by atoms with Gasteiger partial charge >= 0.3 is 0 Å². The fourth-order valence-corrected chi connectivity index (χ4v) is 22.5. The zero-order valence-electron chi connectivity index (χ0n) is 51.3. The van der Waals surface area contributed by atoms with Crippen molar-refractivity contribution in [1.29, 1.82) is 0 Å². The third kappa shape index (κ3) is 7.46. The molecule has 2 aliphatic heterocycles. The van der Waals surface area contributed by atoms with Gasteiger partial charge in [0.25, 0.3) is 0 Å². The van der Waals surface area contributed by atoms with Crippen LogP contribution in [-0.4, -0.2) is 16.1 Å². The number of benzene rings is 13. The van der Waals surface area contributed by atoms with Crippen molar-refractivity contribution in [3.05, 3.63) is 289 Å². The molecule has 17 rings (SSSR count). The molecule has 0 radical (unpaired) electrons. The quantitative estimate of drug-likeness (QED) is 0.121. The second kappa shape index (κ2) is 19.0. The smallest absolute Gasteiger partial charge is 0.117 e. The highest BCUT2D eigenvalue weighted by Crippen LogP contribution is 2.55. The molecule has 2 aliphatic carbocycles. The fraction of sp³-hybridized carbons (Fsp3) is 0.119. The summed E-state index contributed by atoms with van der Waals surface area (Å²) in [6, 6.07) is 103. The first-order chi connectivity index (χ1) is 42.7. The van der Waals surface area contributed by atoms with Crippen LogP contribution in [0.4, 0.5) is 34.1 Å². The van der Waals surface area contributed by atoms with E-state index in [1.165, 1.54) is 154 Å². The van der Waals surface area contributed by atoms with E-state index in [-0.39, 0.29) is 10.8 Å². The summed E-state index contributed by atoms with van der Waals surface area (Å²) in [5.74, 6) is 0. The molecular weight excluding hydrogens is 1090 g/mol. The molecule has 2 heterocycles. The molecule has 0 fully saturated rings. The third-order valence-corrected chi connectivity index (χ3v) is 28.1. The molecule has 0 amide bonds. The standard InChI is InChI=1S/C84H68N2Si2/c1-83(2)69-30-13-11-27-60(69)62-44-40-54(49-71(62)83)53-24-23-25-56(48-53)81-65-46-42-58(86-75-34-17-21-38-79(75)88(7,8)80-39-22-18-35-76(80)86)52-68(65)82(64-29-10-9-26-59(64)55-41-45-63-61-28-12-14-31-70(61)84(3,4)72(63)50-55)66-47-43-57(51-67(66)81)85-73-32-15-19-36-77(73)87(5,6)78-37-20-16-33-74(78)85/h9-52H,1-8H3. The van der Waals surface area contributed by atoms with E-state index in [9.17, 15) is 0 Å². The molecule has 0 aromatic heterocycles. The molecule has 4 heteroatoms. The Kier molecular flexibility index (Phi) is 11.4. The van der Waals surface area contributed by atoms with E-state index in [2.05, 4.69) is 331 Å². The van der Waals surface area contributed by atoms with Gasteiger partial charge in [0.05, 0.1) is 0 Å². The Balaban J connectivity index is 0.967. The molecule has 422 valence electrons. The van der Waals surface area contributed by atoms with Crippen molar-refractivity contribution in [3.63, 3.8) is 0 Å². The lowest BCUT2D eigenvalue weighted by Gasteiger charge is -2.41. The number of hydrogen-bond acceptors (Lipinski definition) is 2. The predicted molar refractivity (Wildman–Crippen MR) is 381 cm³/mol. The fourth-order valence-electron chi connectivity index (χ4n) is 16.5. The lowest BCUT2D eigenvalue weighted by atomic mass is 9.80. The monoisotopic (exact) mass is 1160 g/mol. The first-order valence-electron chi connectivity index (χ1n) is 31.4. The topological polar surface area (TPSA) is 6.48 Å².